The van der Waals surface area contributed by atoms with E-state index in [1.54, 1.807) is 6.07 Å². The van der Waals surface area contributed by atoms with Crippen molar-refractivity contribution in [2.45, 2.75) is 38.1 Å². The average Bonchev–Trinajstić information content (AvgIpc) is 3.38. The minimum absolute atomic E-state index is 0.0254. The van der Waals surface area contributed by atoms with Crippen molar-refractivity contribution in [3.05, 3.63) is 58.3 Å². The molecule has 3 heterocycles. The molecule has 0 bridgehead atoms. The van der Waals surface area contributed by atoms with Crippen molar-refractivity contribution >= 4 is 29.1 Å². The second-order valence-corrected chi connectivity index (χ2v) is 9.26. The molecular weight excluding hydrogens is 410 g/mol. The average molecular weight is 440 g/mol. The number of rotatable bonds is 5. The summed E-state index contributed by atoms with van der Waals surface area (Å²) in [6.45, 7) is 2.71. The van der Waals surface area contributed by atoms with E-state index in [0.717, 1.165) is 32.4 Å². The third-order valence-electron chi connectivity index (χ3n) is 6.28. The molecule has 2 aliphatic rings. The standard InChI is InChI=1S/C24H29N3O3S/c28-22(20-10-7-17-31-20)25-21(24(30)26-13-5-2-6-14-26)18-11-15-27(16-12-18)23(29)19-8-3-1-4-9-19/h1,3-4,7-10,17-18,21H,2,5-6,11-16H2,(H,25,28)/t21-/m0/s1. The number of likely N-dealkylation sites (tertiary alicyclic amines) is 2. The van der Waals surface area contributed by atoms with Gasteiger partial charge < -0.3 is 15.1 Å². The van der Waals surface area contributed by atoms with E-state index in [4.69, 9.17) is 0 Å². The van der Waals surface area contributed by atoms with Crippen molar-refractivity contribution in [1.82, 2.24) is 15.1 Å². The van der Waals surface area contributed by atoms with Gasteiger partial charge in [-0.15, -0.1) is 11.3 Å². The van der Waals surface area contributed by atoms with Gasteiger partial charge in [0.15, 0.2) is 0 Å². The number of nitrogens with zero attached hydrogens (tertiary/aromatic N) is 2. The molecule has 2 aromatic rings. The molecular formula is C24H29N3O3S. The number of amides is 3. The smallest absolute Gasteiger partial charge is 0.262 e. The molecule has 164 valence electrons. The first-order valence-electron chi connectivity index (χ1n) is 11.1. The van der Waals surface area contributed by atoms with Gasteiger partial charge in [-0.2, -0.15) is 0 Å². The zero-order valence-corrected chi connectivity index (χ0v) is 18.5. The normalized spacial score (nSPS) is 18.5. The lowest BCUT2D eigenvalue weighted by molar-refractivity contribution is -0.136. The Morgan fingerprint density at radius 1 is 0.871 bits per heavy atom. The van der Waals surface area contributed by atoms with Crippen molar-refractivity contribution in [2.75, 3.05) is 26.2 Å². The Kier molecular flexibility index (Phi) is 7.02. The fraction of sp³-hybridized carbons (Fsp3) is 0.458. The summed E-state index contributed by atoms with van der Waals surface area (Å²) in [4.78, 5) is 43.3. The van der Waals surface area contributed by atoms with Crippen LogP contribution in [0.5, 0.6) is 0 Å². The maximum absolute atomic E-state index is 13.4. The van der Waals surface area contributed by atoms with Gasteiger partial charge in [-0.25, -0.2) is 0 Å². The lowest BCUT2D eigenvalue weighted by Crippen LogP contribution is -2.55. The maximum atomic E-state index is 13.4. The van der Waals surface area contributed by atoms with Crippen molar-refractivity contribution in [3.8, 4) is 0 Å². The van der Waals surface area contributed by atoms with Crippen molar-refractivity contribution in [3.63, 3.8) is 0 Å². The molecule has 0 unspecified atom stereocenters. The fourth-order valence-corrected chi connectivity index (χ4v) is 5.14. The van der Waals surface area contributed by atoms with Crippen LogP contribution in [0.4, 0.5) is 0 Å². The van der Waals surface area contributed by atoms with E-state index in [0.29, 0.717) is 36.4 Å². The van der Waals surface area contributed by atoms with Crippen LogP contribution in [0.2, 0.25) is 0 Å². The Hall–Kier alpha value is -2.67. The van der Waals surface area contributed by atoms with E-state index in [1.165, 1.54) is 11.3 Å². The minimum Gasteiger partial charge on any atom is -0.341 e. The Bertz CT molecular complexity index is 886. The molecule has 7 heteroatoms. The van der Waals surface area contributed by atoms with Crippen LogP contribution in [0.1, 0.15) is 52.1 Å². The predicted octanol–water partition coefficient (Wildman–Crippen LogP) is 3.41. The summed E-state index contributed by atoms with van der Waals surface area (Å²) < 4.78 is 0. The maximum Gasteiger partial charge on any atom is 0.262 e. The molecule has 1 aromatic carbocycles. The number of thiophene rings is 1. The molecule has 1 aromatic heterocycles. The number of piperidine rings is 2. The van der Waals surface area contributed by atoms with Crippen molar-refractivity contribution < 1.29 is 14.4 Å². The van der Waals surface area contributed by atoms with E-state index in [2.05, 4.69) is 5.32 Å². The zero-order chi connectivity index (χ0) is 21.6. The lowest BCUT2D eigenvalue weighted by Gasteiger charge is -2.38. The highest BCUT2D eigenvalue weighted by atomic mass is 32.1. The van der Waals surface area contributed by atoms with Crippen molar-refractivity contribution in [1.29, 1.82) is 0 Å². The van der Waals surface area contributed by atoms with E-state index < -0.39 is 6.04 Å². The van der Waals surface area contributed by atoms with Crippen LogP contribution in [-0.2, 0) is 4.79 Å². The highest BCUT2D eigenvalue weighted by molar-refractivity contribution is 7.12. The molecule has 0 saturated carbocycles. The Balaban J connectivity index is 1.44. The lowest BCUT2D eigenvalue weighted by atomic mass is 9.87. The van der Waals surface area contributed by atoms with Gasteiger partial charge in [0.05, 0.1) is 4.88 Å². The van der Waals surface area contributed by atoms with Gasteiger partial charge in [-0.05, 0) is 61.6 Å². The van der Waals surface area contributed by atoms with Gasteiger partial charge in [-0.3, -0.25) is 14.4 Å². The Labute approximate surface area is 187 Å². The van der Waals surface area contributed by atoms with E-state index in [9.17, 15) is 14.4 Å². The number of nitrogens with one attached hydrogen (secondary N) is 1. The summed E-state index contributed by atoms with van der Waals surface area (Å²) in [6, 6.07) is 12.4. The molecule has 3 amide bonds. The van der Waals surface area contributed by atoms with Gasteiger partial charge in [0, 0.05) is 31.7 Å². The number of benzene rings is 1. The summed E-state index contributed by atoms with van der Waals surface area (Å²) in [5.41, 5.74) is 0.688. The van der Waals surface area contributed by atoms with Gasteiger partial charge in [-0.1, -0.05) is 24.3 Å². The molecule has 1 N–H and O–H groups in total. The summed E-state index contributed by atoms with van der Waals surface area (Å²) >= 11 is 1.38. The highest BCUT2D eigenvalue weighted by Gasteiger charge is 2.36. The number of hydrogen-bond acceptors (Lipinski definition) is 4. The van der Waals surface area contributed by atoms with E-state index >= 15 is 0 Å². The molecule has 6 nitrogen and oxygen atoms in total. The number of carbonyl (C=O) groups excluding carboxylic acids is 3. The quantitative estimate of drug-likeness (QED) is 0.776. The topological polar surface area (TPSA) is 69.7 Å². The van der Waals surface area contributed by atoms with Crippen LogP contribution in [0.25, 0.3) is 0 Å². The van der Waals surface area contributed by atoms with Crippen LogP contribution < -0.4 is 5.32 Å². The SMILES string of the molecule is O=C(N[C@H](C(=O)N1CCCCC1)C1CCN(C(=O)c2ccccc2)CC1)c1cccs1. The predicted molar refractivity (Wildman–Crippen MR) is 121 cm³/mol. The number of hydrogen-bond donors (Lipinski definition) is 1. The van der Waals surface area contributed by atoms with Gasteiger partial charge in [0.25, 0.3) is 11.8 Å². The zero-order valence-electron chi connectivity index (χ0n) is 17.7. The largest absolute Gasteiger partial charge is 0.341 e. The van der Waals surface area contributed by atoms with Gasteiger partial charge in [0.2, 0.25) is 5.91 Å². The molecule has 2 aliphatic heterocycles. The molecule has 31 heavy (non-hydrogen) atoms. The van der Waals surface area contributed by atoms with Gasteiger partial charge >= 0.3 is 0 Å². The molecule has 0 aliphatic carbocycles. The van der Waals surface area contributed by atoms with Crippen LogP contribution in [0, 0.1) is 5.92 Å². The van der Waals surface area contributed by atoms with Crippen LogP contribution >= 0.6 is 11.3 Å². The van der Waals surface area contributed by atoms with E-state index in [1.807, 2.05) is 51.6 Å². The van der Waals surface area contributed by atoms with Crippen LogP contribution in [0.15, 0.2) is 47.8 Å². The number of carbonyl (C=O) groups is 3. The first kappa shape index (κ1) is 21.6. The molecule has 4 rings (SSSR count). The molecule has 2 saturated heterocycles. The second-order valence-electron chi connectivity index (χ2n) is 8.31. The Morgan fingerprint density at radius 3 is 2.23 bits per heavy atom. The first-order valence-corrected chi connectivity index (χ1v) is 12.0. The second kappa shape index (κ2) is 10.1. The highest BCUT2D eigenvalue weighted by Crippen LogP contribution is 2.25. The monoisotopic (exact) mass is 439 g/mol. The summed E-state index contributed by atoms with van der Waals surface area (Å²) in [6.07, 6.45) is 4.58. The fourth-order valence-electron chi connectivity index (χ4n) is 4.51. The van der Waals surface area contributed by atoms with Crippen LogP contribution in [0.3, 0.4) is 0 Å². The summed E-state index contributed by atoms with van der Waals surface area (Å²) in [5.74, 6) is -0.107. The van der Waals surface area contributed by atoms with Gasteiger partial charge in [0.1, 0.15) is 6.04 Å². The van der Waals surface area contributed by atoms with Crippen molar-refractivity contribution in [2.24, 2.45) is 5.92 Å². The van der Waals surface area contributed by atoms with E-state index in [-0.39, 0.29) is 23.6 Å². The molecule has 2 fully saturated rings. The third kappa shape index (κ3) is 5.15. The summed E-state index contributed by atoms with van der Waals surface area (Å²) in [5, 5.41) is 4.90. The van der Waals surface area contributed by atoms with Crippen LogP contribution in [-0.4, -0.2) is 59.7 Å². The third-order valence-corrected chi connectivity index (χ3v) is 7.15. The summed E-state index contributed by atoms with van der Waals surface area (Å²) in [7, 11) is 0. The minimum atomic E-state index is -0.540. The molecule has 0 spiro atoms. The molecule has 1 atom stereocenters. The first-order chi connectivity index (χ1) is 15.1. The Morgan fingerprint density at radius 2 is 1.58 bits per heavy atom. The molecule has 0 radical (unpaired) electrons.